The average Bonchev–Trinajstić information content (AvgIpc) is 3.74. The number of nitrogens with one attached hydrogen (secondary N) is 4. The number of ether oxygens (including phenoxy) is 2. The Bertz CT molecular complexity index is 1830. The quantitative estimate of drug-likeness (QED) is 0.119. The van der Waals surface area contributed by atoms with E-state index in [4.69, 9.17) is 14.5 Å². The number of aromatic nitrogens is 4. The first-order valence-corrected chi connectivity index (χ1v) is 18.6. The number of imidazole rings is 1. The van der Waals surface area contributed by atoms with Crippen molar-refractivity contribution >= 4 is 37.7 Å². The molecule has 0 bridgehead atoms. The average molecular weight is 685 g/mol. The first-order valence-electron chi connectivity index (χ1n) is 17.0. The van der Waals surface area contributed by atoms with Crippen molar-refractivity contribution in [1.29, 1.82) is 0 Å². The first-order chi connectivity index (χ1) is 23.6. The Morgan fingerprint density at radius 1 is 1.18 bits per heavy atom. The minimum atomic E-state index is -0.868. The van der Waals surface area contributed by atoms with Gasteiger partial charge in [-0.05, 0) is 56.1 Å². The number of carbonyl (C=O) groups excluding carboxylic acids is 2. The standard InChI is InChI=1S/C36H46N7O5Si/c1-6-37-32(44)23(3)39-34(46)35(14-17-47-18-15-35)24-11-12-26-27(19-24)41-31(40-26)30(42-33(45)28-13-16-38-43(28)4)36(21-49-5)22(2)20-48-29-10-8-7-9-25(29)36/h7-13,16,19,21-23,30,32,37,44H,6,14-15,17-18,20H2,1-5H3,(H,39,46)(H,40,41)(H,42,45)/t22?,23-,30-,32?,36+/m1/s1. The van der Waals surface area contributed by atoms with E-state index in [-0.39, 0.29) is 17.7 Å². The highest BCUT2D eigenvalue weighted by Gasteiger charge is 2.50. The molecule has 2 aliphatic rings. The van der Waals surface area contributed by atoms with E-state index >= 15 is 0 Å². The Kier molecular flexibility index (Phi) is 10.2. The molecule has 2 aromatic carbocycles. The van der Waals surface area contributed by atoms with Gasteiger partial charge in [-0.2, -0.15) is 5.10 Å². The lowest BCUT2D eigenvalue weighted by Crippen LogP contribution is -2.55. The summed E-state index contributed by atoms with van der Waals surface area (Å²) in [6.07, 6.45) is 1.75. The summed E-state index contributed by atoms with van der Waals surface area (Å²) >= 11 is 0. The minimum Gasteiger partial charge on any atom is -0.493 e. The Hall–Kier alpha value is -4.17. The van der Waals surface area contributed by atoms with E-state index in [9.17, 15) is 14.7 Å². The van der Waals surface area contributed by atoms with Gasteiger partial charge in [0, 0.05) is 52.5 Å². The number of fused-ring (bicyclic) bond motifs is 2. The highest BCUT2D eigenvalue weighted by atomic mass is 28.2. The molecule has 2 aromatic heterocycles. The van der Waals surface area contributed by atoms with Crippen LogP contribution in [0.5, 0.6) is 5.75 Å². The summed E-state index contributed by atoms with van der Waals surface area (Å²) in [5.74, 6) is 0.971. The predicted molar refractivity (Wildman–Crippen MR) is 189 cm³/mol. The number of hydrogen-bond donors (Lipinski definition) is 5. The molecule has 4 aromatic rings. The molecule has 1 saturated heterocycles. The highest BCUT2D eigenvalue weighted by molar-refractivity contribution is 6.47. The highest BCUT2D eigenvalue weighted by Crippen LogP contribution is 2.48. The van der Waals surface area contributed by atoms with Gasteiger partial charge in [-0.3, -0.25) is 19.6 Å². The Morgan fingerprint density at radius 2 is 1.96 bits per heavy atom. The van der Waals surface area contributed by atoms with Crippen molar-refractivity contribution in [3.8, 4) is 5.75 Å². The first kappa shape index (κ1) is 34.7. The SMILES string of the molecule is CCNC(O)[C@@H](C)NC(=O)C1(c2ccc3nc([C@@H](NC(=O)c4ccnn4C)[C@]4(/C=[Si]/C)c5ccccc5OCC4C)[nH]c3c2)CCOCC1. The van der Waals surface area contributed by atoms with Crippen LogP contribution in [-0.4, -0.2) is 90.1 Å². The molecule has 1 radical (unpaired) electrons. The minimum absolute atomic E-state index is 0.01000. The van der Waals surface area contributed by atoms with E-state index in [2.05, 4.69) is 51.2 Å². The number of amides is 2. The molecule has 4 heterocycles. The van der Waals surface area contributed by atoms with Crippen LogP contribution in [0.3, 0.4) is 0 Å². The lowest BCUT2D eigenvalue weighted by atomic mass is 9.65. The third-order valence-electron chi connectivity index (χ3n) is 10.2. The van der Waals surface area contributed by atoms with Crippen molar-refractivity contribution in [1.82, 2.24) is 35.7 Å². The molecule has 2 unspecified atom stereocenters. The van der Waals surface area contributed by atoms with E-state index in [1.807, 2.05) is 43.3 Å². The summed E-state index contributed by atoms with van der Waals surface area (Å²) in [5, 5.41) is 24.1. The fourth-order valence-electron chi connectivity index (χ4n) is 7.41. The van der Waals surface area contributed by atoms with Gasteiger partial charge < -0.3 is 30.2 Å². The summed E-state index contributed by atoms with van der Waals surface area (Å²) in [6.45, 7) is 9.93. The Balaban J connectivity index is 1.46. The predicted octanol–water partition coefficient (Wildman–Crippen LogP) is 2.77. The summed E-state index contributed by atoms with van der Waals surface area (Å²) < 4.78 is 13.5. The zero-order valence-corrected chi connectivity index (χ0v) is 29.7. The molecule has 0 aliphatic carbocycles. The maximum absolute atomic E-state index is 14.0. The van der Waals surface area contributed by atoms with Crippen LogP contribution in [-0.2, 0) is 27.4 Å². The summed E-state index contributed by atoms with van der Waals surface area (Å²) in [4.78, 5) is 36.7. The maximum Gasteiger partial charge on any atom is 0.270 e. The van der Waals surface area contributed by atoms with Gasteiger partial charge in [-0.1, -0.05) is 50.3 Å². The molecule has 12 nitrogen and oxygen atoms in total. The summed E-state index contributed by atoms with van der Waals surface area (Å²) in [5.41, 5.74) is 4.55. The second-order valence-electron chi connectivity index (χ2n) is 13.1. The molecular formula is C36H46N7O5Si. The lowest BCUT2D eigenvalue weighted by Gasteiger charge is -2.46. The normalized spacial score (nSPS) is 22.2. The van der Waals surface area contributed by atoms with Crippen molar-refractivity contribution in [2.45, 2.75) is 69.3 Å². The van der Waals surface area contributed by atoms with Crippen molar-refractivity contribution in [3.05, 3.63) is 77.4 Å². The smallest absolute Gasteiger partial charge is 0.270 e. The number of aliphatic hydroxyl groups excluding tert-OH is 1. The maximum atomic E-state index is 14.0. The van der Waals surface area contributed by atoms with Crippen LogP contribution >= 0.6 is 0 Å². The molecule has 5 atom stereocenters. The molecule has 2 aliphatic heterocycles. The molecule has 13 heteroatoms. The second kappa shape index (κ2) is 14.4. The van der Waals surface area contributed by atoms with Gasteiger partial charge in [0.1, 0.15) is 29.5 Å². The van der Waals surface area contributed by atoms with Crippen molar-refractivity contribution in [3.63, 3.8) is 0 Å². The third-order valence-corrected chi connectivity index (χ3v) is 11.0. The fraction of sp³-hybridized carbons (Fsp3) is 0.472. The number of nitrogens with zero attached hydrogens (tertiary/aromatic N) is 3. The fourth-order valence-corrected chi connectivity index (χ4v) is 8.49. The van der Waals surface area contributed by atoms with E-state index < -0.39 is 29.1 Å². The van der Waals surface area contributed by atoms with E-state index in [0.29, 0.717) is 59.9 Å². The molecule has 6 rings (SSSR count). The number of hydrogen-bond acceptors (Lipinski definition) is 8. The summed E-state index contributed by atoms with van der Waals surface area (Å²) in [6, 6.07) is 14.5. The van der Waals surface area contributed by atoms with Crippen molar-refractivity contribution < 1.29 is 24.2 Å². The van der Waals surface area contributed by atoms with Crippen LogP contribution in [0.2, 0.25) is 6.55 Å². The van der Waals surface area contributed by atoms with E-state index in [0.717, 1.165) is 27.9 Å². The number of benzene rings is 2. The molecule has 5 N–H and O–H groups in total. The van der Waals surface area contributed by atoms with Crippen LogP contribution in [0, 0.1) is 5.92 Å². The number of rotatable bonds is 11. The Labute approximate surface area is 288 Å². The van der Waals surface area contributed by atoms with Crippen LogP contribution in [0.15, 0.2) is 54.7 Å². The van der Waals surface area contributed by atoms with Gasteiger partial charge in [-0.15, -0.1) is 0 Å². The monoisotopic (exact) mass is 684 g/mol. The van der Waals surface area contributed by atoms with Gasteiger partial charge in [0.15, 0.2) is 0 Å². The number of H-pyrrole nitrogens is 1. The van der Waals surface area contributed by atoms with Crippen molar-refractivity contribution in [2.75, 3.05) is 26.4 Å². The zero-order chi connectivity index (χ0) is 34.8. The van der Waals surface area contributed by atoms with Gasteiger partial charge >= 0.3 is 0 Å². The molecule has 1 fully saturated rings. The molecule has 0 saturated carbocycles. The largest absolute Gasteiger partial charge is 0.493 e. The molecule has 0 spiro atoms. The number of para-hydroxylation sites is 1. The lowest BCUT2D eigenvalue weighted by molar-refractivity contribution is -0.132. The molecular weight excluding hydrogens is 639 g/mol. The van der Waals surface area contributed by atoms with Crippen LogP contribution < -0.4 is 20.7 Å². The van der Waals surface area contributed by atoms with E-state index in [1.54, 1.807) is 30.9 Å². The van der Waals surface area contributed by atoms with Crippen LogP contribution in [0.25, 0.3) is 11.0 Å². The van der Waals surface area contributed by atoms with Gasteiger partial charge in [0.05, 0.1) is 29.1 Å². The number of aryl methyl sites for hydroxylation is 1. The van der Waals surface area contributed by atoms with Gasteiger partial charge in [0.2, 0.25) is 5.91 Å². The molecule has 259 valence electrons. The zero-order valence-electron chi connectivity index (χ0n) is 28.7. The number of carbonyl (C=O) groups is 2. The second-order valence-corrected chi connectivity index (χ2v) is 14.0. The third kappa shape index (κ3) is 6.36. The van der Waals surface area contributed by atoms with Gasteiger partial charge in [-0.25, -0.2) is 4.98 Å². The number of aliphatic hydroxyl groups is 1. The van der Waals surface area contributed by atoms with Crippen molar-refractivity contribution in [2.24, 2.45) is 13.0 Å². The Morgan fingerprint density at radius 3 is 2.67 bits per heavy atom. The van der Waals surface area contributed by atoms with Crippen LogP contribution in [0.4, 0.5) is 0 Å². The van der Waals surface area contributed by atoms with Gasteiger partial charge in [0.25, 0.3) is 5.91 Å². The number of aromatic amines is 1. The summed E-state index contributed by atoms with van der Waals surface area (Å²) in [7, 11) is 2.22. The van der Waals surface area contributed by atoms with E-state index in [1.165, 1.54) is 0 Å². The topological polar surface area (TPSA) is 155 Å². The number of likely N-dealkylation sites (N-methyl/N-ethyl adjacent to an activating group) is 1. The van der Waals surface area contributed by atoms with Crippen LogP contribution in [0.1, 0.15) is 67.1 Å². The molecule has 2 amide bonds. The molecule has 49 heavy (non-hydrogen) atoms.